The third-order valence-electron chi connectivity index (χ3n) is 1.72. The summed E-state index contributed by atoms with van der Waals surface area (Å²) in [7, 11) is 0. The average Bonchev–Trinajstić information content (AvgIpc) is 2.14. The lowest BCUT2D eigenvalue weighted by Crippen LogP contribution is -2.22. The molecule has 0 atom stereocenters. The largest absolute Gasteiger partial charge is 0.488 e. The van der Waals surface area contributed by atoms with Crippen LogP contribution in [0.25, 0.3) is 0 Å². The Morgan fingerprint density at radius 2 is 1.80 bits per heavy atom. The van der Waals surface area contributed by atoms with Crippen LogP contribution in [0.3, 0.4) is 0 Å². The van der Waals surface area contributed by atoms with Crippen LogP contribution in [0, 0.1) is 0 Å². The summed E-state index contributed by atoms with van der Waals surface area (Å²) in [6.45, 7) is 6.76. The molecular formula is C12H19NO2. The molecule has 0 fully saturated rings. The summed E-state index contributed by atoms with van der Waals surface area (Å²) in [5, 5.41) is 11.7. The predicted molar refractivity (Wildman–Crippen MR) is 62.4 cm³/mol. The predicted octanol–water partition coefficient (Wildman–Crippen LogP) is 2.27. The van der Waals surface area contributed by atoms with Gasteiger partial charge in [-0.3, -0.25) is 0 Å². The average molecular weight is 209 g/mol. The SMILES string of the molecule is CC(C)(C)Oc1ccc(NCCO)cc1. The van der Waals surface area contributed by atoms with E-state index in [-0.39, 0.29) is 12.2 Å². The lowest BCUT2D eigenvalue weighted by molar-refractivity contribution is 0.131. The van der Waals surface area contributed by atoms with Gasteiger partial charge in [-0.05, 0) is 45.0 Å². The van der Waals surface area contributed by atoms with Crippen molar-refractivity contribution in [2.24, 2.45) is 0 Å². The molecule has 0 saturated heterocycles. The monoisotopic (exact) mass is 209 g/mol. The van der Waals surface area contributed by atoms with E-state index in [0.717, 1.165) is 11.4 Å². The van der Waals surface area contributed by atoms with Gasteiger partial charge >= 0.3 is 0 Å². The van der Waals surface area contributed by atoms with Crippen molar-refractivity contribution in [1.82, 2.24) is 0 Å². The highest BCUT2D eigenvalue weighted by Gasteiger charge is 2.10. The van der Waals surface area contributed by atoms with Crippen molar-refractivity contribution in [1.29, 1.82) is 0 Å². The molecule has 0 unspecified atom stereocenters. The van der Waals surface area contributed by atoms with E-state index in [1.54, 1.807) is 0 Å². The molecule has 0 aromatic heterocycles. The van der Waals surface area contributed by atoms with Crippen LogP contribution in [0.4, 0.5) is 5.69 Å². The topological polar surface area (TPSA) is 41.5 Å². The van der Waals surface area contributed by atoms with Gasteiger partial charge in [0.25, 0.3) is 0 Å². The van der Waals surface area contributed by atoms with Crippen molar-refractivity contribution in [2.45, 2.75) is 26.4 Å². The number of rotatable bonds is 4. The molecule has 0 spiro atoms. The minimum absolute atomic E-state index is 0.139. The van der Waals surface area contributed by atoms with Crippen LogP contribution in [0.15, 0.2) is 24.3 Å². The molecule has 0 radical (unpaired) electrons. The smallest absolute Gasteiger partial charge is 0.120 e. The Labute approximate surface area is 91.1 Å². The first-order valence-electron chi connectivity index (χ1n) is 5.15. The molecule has 84 valence electrons. The zero-order valence-corrected chi connectivity index (χ0v) is 9.58. The summed E-state index contributed by atoms with van der Waals surface area (Å²) in [5.74, 6) is 0.858. The summed E-state index contributed by atoms with van der Waals surface area (Å²) in [6.07, 6.45) is 0. The van der Waals surface area contributed by atoms with Gasteiger partial charge in [-0.1, -0.05) is 0 Å². The van der Waals surface area contributed by atoms with Gasteiger partial charge in [0, 0.05) is 12.2 Å². The van der Waals surface area contributed by atoms with Crippen molar-refractivity contribution in [2.75, 3.05) is 18.5 Å². The minimum Gasteiger partial charge on any atom is -0.488 e. The number of aliphatic hydroxyl groups excluding tert-OH is 1. The Balaban J connectivity index is 2.56. The maximum absolute atomic E-state index is 8.65. The molecule has 0 aliphatic rings. The van der Waals surface area contributed by atoms with Gasteiger partial charge in [-0.2, -0.15) is 0 Å². The van der Waals surface area contributed by atoms with E-state index in [4.69, 9.17) is 9.84 Å². The Kier molecular flexibility index (Phi) is 3.97. The molecular weight excluding hydrogens is 190 g/mol. The summed E-state index contributed by atoms with van der Waals surface area (Å²) < 4.78 is 5.68. The molecule has 3 nitrogen and oxygen atoms in total. The molecule has 2 N–H and O–H groups in total. The highest BCUT2D eigenvalue weighted by atomic mass is 16.5. The van der Waals surface area contributed by atoms with E-state index in [0.29, 0.717) is 6.54 Å². The molecule has 1 aromatic carbocycles. The highest BCUT2D eigenvalue weighted by molar-refractivity contribution is 5.46. The normalized spacial score (nSPS) is 11.2. The quantitative estimate of drug-likeness (QED) is 0.799. The Bertz CT molecular complexity index is 287. The number of hydrogen-bond donors (Lipinski definition) is 2. The van der Waals surface area contributed by atoms with E-state index < -0.39 is 0 Å². The summed E-state index contributed by atoms with van der Waals surface area (Å²) in [6, 6.07) is 7.73. The molecule has 0 heterocycles. The first kappa shape index (κ1) is 11.9. The van der Waals surface area contributed by atoms with Crippen molar-refractivity contribution in [3.05, 3.63) is 24.3 Å². The van der Waals surface area contributed by atoms with E-state index in [9.17, 15) is 0 Å². The van der Waals surface area contributed by atoms with Crippen LogP contribution in [0.1, 0.15) is 20.8 Å². The summed E-state index contributed by atoms with van der Waals surface area (Å²) >= 11 is 0. The van der Waals surface area contributed by atoms with Gasteiger partial charge in [0.1, 0.15) is 11.4 Å². The second-order valence-corrected chi connectivity index (χ2v) is 4.39. The van der Waals surface area contributed by atoms with Crippen LogP contribution >= 0.6 is 0 Å². The van der Waals surface area contributed by atoms with Gasteiger partial charge in [-0.15, -0.1) is 0 Å². The standard InChI is InChI=1S/C12H19NO2/c1-12(2,3)15-11-6-4-10(5-7-11)13-8-9-14/h4-7,13-14H,8-9H2,1-3H3. The Morgan fingerprint density at radius 3 is 2.27 bits per heavy atom. The van der Waals surface area contributed by atoms with Crippen LogP contribution in [-0.4, -0.2) is 23.9 Å². The fourth-order valence-electron chi connectivity index (χ4n) is 1.19. The summed E-state index contributed by atoms with van der Waals surface area (Å²) in [4.78, 5) is 0. The van der Waals surface area contributed by atoms with Gasteiger partial charge in [-0.25, -0.2) is 0 Å². The molecule has 3 heteroatoms. The number of aliphatic hydroxyl groups is 1. The lowest BCUT2D eigenvalue weighted by Gasteiger charge is -2.21. The maximum atomic E-state index is 8.65. The maximum Gasteiger partial charge on any atom is 0.120 e. The van der Waals surface area contributed by atoms with E-state index in [1.165, 1.54) is 0 Å². The third kappa shape index (κ3) is 4.70. The molecule has 0 aliphatic carbocycles. The zero-order chi connectivity index (χ0) is 11.3. The van der Waals surface area contributed by atoms with Crippen LogP contribution in [0.5, 0.6) is 5.75 Å². The second-order valence-electron chi connectivity index (χ2n) is 4.39. The van der Waals surface area contributed by atoms with Crippen molar-refractivity contribution >= 4 is 5.69 Å². The minimum atomic E-state index is -0.167. The fourth-order valence-corrected chi connectivity index (χ4v) is 1.19. The van der Waals surface area contributed by atoms with Gasteiger partial charge in [0.2, 0.25) is 0 Å². The zero-order valence-electron chi connectivity index (χ0n) is 9.58. The van der Waals surface area contributed by atoms with Crippen molar-refractivity contribution in [3.8, 4) is 5.75 Å². The highest BCUT2D eigenvalue weighted by Crippen LogP contribution is 2.20. The summed E-state index contributed by atoms with van der Waals surface area (Å²) in [5.41, 5.74) is 0.824. The lowest BCUT2D eigenvalue weighted by atomic mass is 10.2. The van der Waals surface area contributed by atoms with Crippen molar-refractivity contribution in [3.63, 3.8) is 0 Å². The molecule has 0 saturated carbocycles. The van der Waals surface area contributed by atoms with E-state index in [1.807, 2.05) is 45.0 Å². The van der Waals surface area contributed by atoms with E-state index in [2.05, 4.69) is 5.32 Å². The number of benzene rings is 1. The number of anilines is 1. The molecule has 0 aliphatic heterocycles. The number of ether oxygens (including phenoxy) is 1. The molecule has 0 bridgehead atoms. The van der Waals surface area contributed by atoms with Crippen LogP contribution in [-0.2, 0) is 0 Å². The van der Waals surface area contributed by atoms with Crippen LogP contribution < -0.4 is 10.1 Å². The van der Waals surface area contributed by atoms with Gasteiger partial charge in [0.15, 0.2) is 0 Å². The molecule has 15 heavy (non-hydrogen) atoms. The Hall–Kier alpha value is -1.22. The fraction of sp³-hybridized carbons (Fsp3) is 0.500. The van der Waals surface area contributed by atoms with E-state index >= 15 is 0 Å². The molecule has 1 aromatic rings. The number of hydrogen-bond acceptors (Lipinski definition) is 3. The third-order valence-corrected chi connectivity index (χ3v) is 1.72. The molecule has 1 rings (SSSR count). The second kappa shape index (κ2) is 5.03. The number of nitrogens with one attached hydrogen (secondary N) is 1. The van der Waals surface area contributed by atoms with Gasteiger partial charge in [0.05, 0.1) is 6.61 Å². The van der Waals surface area contributed by atoms with Crippen LogP contribution in [0.2, 0.25) is 0 Å². The first-order valence-corrected chi connectivity index (χ1v) is 5.15. The van der Waals surface area contributed by atoms with Crippen molar-refractivity contribution < 1.29 is 9.84 Å². The molecule has 0 amide bonds. The Morgan fingerprint density at radius 1 is 1.20 bits per heavy atom. The van der Waals surface area contributed by atoms with Gasteiger partial charge < -0.3 is 15.2 Å². The first-order chi connectivity index (χ1) is 7.01.